The lowest BCUT2D eigenvalue weighted by molar-refractivity contribution is 0.0954. The molecule has 0 saturated heterocycles. The van der Waals surface area contributed by atoms with Crippen LogP contribution in [-0.4, -0.2) is 12.1 Å². The molecule has 1 amide bonds. The first-order chi connectivity index (χ1) is 10.1. The van der Waals surface area contributed by atoms with E-state index in [0.29, 0.717) is 4.48 Å². The third-order valence-corrected chi connectivity index (χ3v) is 2.98. The summed E-state index contributed by atoms with van der Waals surface area (Å²) in [6.07, 6.45) is 3.32. The molecule has 2 aromatic carbocycles. The summed E-state index contributed by atoms with van der Waals surface area (Å²) in [5.74, 6) is -0.928. The second kappa shape index (κ2) is 7.50. The van der Waals surface area contributed by atoms with Crippen molar-refractivity contribution >= 4 is 34.1 Å². The maximum Gasteiger partial charge on any atom is 0.271 e. The SMILES string of the molecule is O=C(N/N=C/C(Br)=C\c1ccccc1)c1cccc(F)c1. The molecule has 0 aliphatic rings. The number of hydrazone groups is 1. The van der Waals surface area contributed by atoms with Gasteiger partial charge in [0.05, 0.1) is 6.21 Å². The fourth-order valence-corrected chi connectivity index (χ4v) is 1.96. The number of carbonyl (C=O) groups excluding carboxylic acids is 1. The zero-order chi connectivity index (χ0) is 15.1. The van der Waals surface area contributed by atoms with Gasteiger partial charge in [-0.05, 0) is 45.8 Å². The monoisotopic (exact) mass is 346 g/mol. The molecular formula is C16H12BrFN2O. The molecule has 0 fully saturated rings. The van der Waals surface area contributed by atoms with Gasteiger partial charge in [-0.1, -0.05) is 36.4 Å². The summed E-state index contributed by atoms with van der Waals surface area (Å²) in [4.78, 5) is 11.7. The highest BCUT2D eigenvalue weighted by Crippen LogP contribution is 2.09. The highest BCUT2D eigenvalue weighted by molar-refractivity contribution is 9.12. The van der Waals surface area contributed by atoms with Gasteiger partial charge in [0.1, 0.15) is 5.82 Å². The zero-order valence-corrected chi connectivity index (χ0v) is 12.5. The van der Waals surface area contributed by atoms with E-state index >= 15 is 0 Å². The highest BCUT2D eigenvalue weighted by Gasteiger charge is 2.04. The van der Waals surface area contributed by atoms with Gasteiger partial charge in [0.25, 0.3) is 5.91 Å². The molecule has 0 aliphatic carbocycles. The minimum Gasteiger partial charge on any atom is -0.267 e. The molecule has 5 heteroatoms. The van der Waals surface area contributed by atoms with Gasteiger partial charge in [0.15, 0.2) is 0 Å². The lowest BCUT2D eigenvalue weighted by atomic mass is 10.2. The van der Waals surface area contributed by atoms with E-state index in [1.807, 2.05) is 36.4 Å². The molecule has 0 atom stereocenters. The van der Waals surface area contributed by atoms with Crippen LogP contribution in [0.25, 0.3) is 6.08 Å². The molecule has 3 nitrogen and oxygen atoms in total. The Labute approximate surface area is 130 Å². The summed E-state index contributed by atoms with van der Waals surface area (Å²) >= 11 is 3.33. The van der Waals surface area contributed by atoms with Crippen LogP contribution in [0.15, 0.2) is 64.2 Å². The van der Waals surface area contributed by atoms with E-state index in [1.54, 1.807) is 0 Å². The summed E-state index contributed by atoms with van der Waals surface area (Å²) in [6, 6.07) is 15.1. The van der Waals surface area contributed by atoms with Crippen molar-refractivity contribution in [2.24, 2.45) is 5.10 Å². The summed E-state index contributed by atoms with van der Waals surface area (Å²) < 4.78 is 13.7. The Morgan fingerprint density at radius 2 is 1.90 bits per heavy atom. The van der Waals surface area contributed by atoms with Gasteiger partial charge in [0, 0.05) is 10.0 Å². The number of halogens is 2. The van der Waals surface area contributed by atoms with E-state index in [9.17, 15) is 9.18 Å². The van der Waals surface area contributed by atoms with Crippen molar-refractivity contribution in [3.05, 3.63) is 76.0 Å². The summed E-state index contributed by atoms with van der Waals surface area (Å²) in [7, 11) is 0. The Balaban J connectivity index is 1.96. The topological polar surface area (TPSA) is 41.5 Å². The quantitative estimate of drug-likeness (QED) is 0.660. The summed E-state index contributed by atoms with van der Waals surface area (Å²) in [6.45, 7) is 0. The number of nitrogens with one attached hydrogen (secondary N) is 1. The van der Waals surface area contributed by atoms with Crippen molar-refractivity contribution in [2.45, 2.75) is 0 Å². The average Bonchev–Trinajstić information content (AvgIpc) is 2.48. The number of allylic oxidation sites excluding steroid dienone is 1. The average molecular weight is 347 g/mol. The maximum atomic E-state index is 13.0. The Morgan fingerprint density at radius 1 is 1.14 bits per heavy atom. The molecule has 1 N–H and O–H groups in total. The van der Waals surface area contributed by atoms with Crippen LogP contribution >= 0.6 is 15.9 Å². The minimum atomic E-state index is -0.467. The number of rotatable bonds is 4. The van der Waals surface area contributed by atoms with E-state index in [0.717, 1.165) is 11.6 Å². The summed E-state index contributed by atoms with van der Waals surface area (Å²) in [5.41, 5.74) is 3.56. The van der Waals surface area contributed by atoms with Gasteiger partial charge in [-0.15, -0.1) is 0 Å². The molecule has 0 aromatic heterocycles. The van der Waals surface area contributed by atoms with E-state index < -0.39 is 11.7 Å². The second-order valence-electron chi connectivity index (χ2n) is 4.15. The lowest BCUT2D eigenvalue weighted by Crippen LogP contribution is -2.17. The predicted molar refractivity (Wildman–Crippen MR) is 85.7 cm³/mol. The van der Waals surface area contributed by atoms with Gasteiger partial charge in [0.2, 0.25) is 0 Å². The number of amides is 1. The first-order valence-electron chi connectivity index (χ1n) is 6.16. The van der Waals surface area contributed by atoms with Gasteiger partial charge >= 0.3 is 0 Å². The van der Waals surface area contributed by atoms with Crippen LogP contribution in [0.4, 0.5) is 4.39 Å². The largest absolute Gasteiger partial charge is 0.271 e. The molecule has 0 aliphatic heterocycles. The Kier molecular flexibility index (Phi) is 5.40. The molecule has 0 spiro atoms. The van der Waals surface area contributed by atoms with E-state index in [1.165, 1.54) is 24.4 Å². The van der Waals surface area contributed by atoms with Crippen molar-refractivity contribution < 1.29 is 9.18 Å². The third kappa shape index (κ3) is 4.96. The standard InChI is InChI=1S/C16H12BrFN2O/c17-14(9-12-5-2-1-3-6-12)11-19-20-16(21)13-7-4-8-15(18)10-13/h1-11H,(H,20,21)/b14-9+,19-11+. The van der Waals surface area contributed by atoms with Crippen molar-refractivity contribution in [3.8, 4) is 0 Å². The number of hydrogen-bond acceptors (Lipinski definition) is 2. The molecule has 0 radical (unpaired) electrons. The van der Waals surface area contributed by atoms with Crippen LogP contribution in [-0.2, 0) is 0 Å². The van der Waals surface area contributed by atoms with Gasteiger partial charge in [-0.25, -0.2) is 9.82 Å². The smallest absolute Gasteiger partial charge is 0.267 e. The lowest BCUT2D eigenvalue weighted by Gasteiger charge is -1.99. The molecule has 0 unspecified atom stereocenters. The molecule has 21 heavy (non-hydrogen) atoms. The van der Waals surface area contributed by atoms with Gasteiger partial charge in [-0.3, -0.25) is 4.79 Å². The van der Waals surface area contributed by atoms with Gasteiger partial charge < -0.3 is 0 Å². The normalized spacial score (nSPS) is 11.6. The Hall–Kier alpha value is -2.27. The molecule has 2 aromatic rings. The van der Waals surface area contributed by atoms with Crippen molar-refractivity contribution in [2.75, 3.05) is 0 Å². The van der Waals surface area contributed by atoms with E-state index in [2.05, 4.69) is 26.5 Å². The minimum absolute atomic E-state index is 0.218. The van der Waals surface area contributed by atoms with Crippen LogP contribution in [0.1, 0.15) is 15.9 Å². The number of carbonyl (C=O) groups is 1. The molecule has 0 saturated carbocycles. The molecule has 0 heterocycles. The fraction of sp³-hybridized carbons (Fsp3) is 0. The predicted octanol–water partition coefficient (Wildman–Crippen LogP) is 3.98. The van der Waals surface area contributed by atoms with Crippen LogP contribution in [0.5, 0.6) is 0 Å². The van der Waals surface area contributed by atoms with Crippen molar-refractivity contribution in [3.63, 3.8) is 0 Å². The number of nitrogens with zero attached hydrogens (tertiary/aromatic N) is 1. The molecular weight excluding hydrogens is 335 g/mol. The number of hydrogen-bond donors (Lipinski definition) is 1. The van der Waals surface area contributed by atoms with Crippen molar-refractivity contribution in [1.29, 1.82) is 0 Å². The maximum absolute atomic E-state index is 13.0. The molecule has 2 rings (SSSR count). The number of benzene rings is 2. The Morgan fingerprint density at radius 3 is 2.62 bits per heavy atom. The molecule has 0 bridgehead atoms. The third-order valence-electron chi connectivity index (χ3n) is 2.54. The van der Waals surface area contributed by atoms with Crippen molar-refractivity contribution in [1.82, 2.24) is 5.43 Å². The van der Waals surface area contributed by atoms with E-state index in [4.69, 9.17) is 0 Å². The van der Waals surface area contributed by atoms with Crippen LogP contribution in [0.2, 0.25) is 0 Å². The van der Waals surface area contributed by atoms with Crippen LogP contribution in [0.3, 0.4) is 0 Å². The highest BCUT2D eigenvalue weighted by atomic mass is 79.9. The fourth-order valence-electron chi connectivity index (χ4n) is 1.59. The Bertz CT molecular complexity index is 684. The van der Waals surface area contributed by atoms with Gasteiger partial charge in [-0.2, -0.15) is 5.10 Å². The first kappa shape index (κ1) is 15.1. The first-order valence-corrected chi connectivity index (χ1v) is 6.95. The zero-order valence-electron chi connectivity index (χ0n) is 11.0. The summed E-state index contributed by atoms with van der Waals surface area (Å²) in [5, 5.41) is 3.81. The molecule has 106 valence electrons. The van der Waals surface area contributed by atoms with Crippen LogP contribution < -0.4 is 5.43 Å². The van der Waals surface area contributed by atoms with E-state index in [-0.39, 0.29) is 5.56 Å². The van der Waals surface area contributed by atoms with Crippen LogP contribution in [0, 0.1) is 5.82 Å². The second-order valence-corrected chi connectivity index (χ2v) is 5.07.